The number of amides is 1. The number of aromatic nitrogens is 3. The van der Waals surface area contributed by atoms with Crippen LogP contribution >= 0.6 is 0 Å². The van der Waals surface area contributed by atoms with E-state index in [1.807, 2.05) is 39.3 Å². The van der Waals surface area contributed by atoms with Crippen LogP contribution in [0.5, 0.6) is 5.88 Å². The van der Waals surface area contributed by atoms with Crippen molar-refractivity contribution in [1.82, 2.24) is 24.6 Å². The first-order valence-corrected chi connectivity index (χ1v) is 15.5. The van der Waals surface area contributed by atoms with E-state index >= 15 is 0 Å². The Morgan fingerprint density at radius 1 is 1.00 bits per heavy atom. The molecule has 0 radical (unpaired) electrons. The molecule has 1 aliphatic carbocycles. The van der Waals surface area contributed by atoms with Crippen molar-refractivity contribution in [3.8, 4) is 17.0 Å². The average Bonchev–Trinajstić information content (AvgIpc) is 3.34. The van der Waals surface area contributed by atoms with Crippen LogP contribution in [0.3, 0.4) is 0 Å². The predicted molar refractivity (Wildman–Crippen MR) is 165 cm³/mol. The van der Waals surface area contributed by atoms with Gasteiger partial charge in [0.15, 0.2) is 11.3 Å². The fourth-order valence-electron chi connectivity index (χ4n) is 5.89. The van der Waals surface area contributed by atoms with Gasteiger partial charge in [0, 0.05) is 38.3 Å². The number of pyridine rings is 1. The van der Waals surface area contributed by atoms with Gasteiger partial charge in [-0.2, -0.15) is 0 Å². The molecule has 10 nitrogen and oxygen atoms in total. The zero-order valence-electron chi connectivity index (χ0n) is 26.4. The minimum atomic E-state index is -0.496. The van der Waals surface area contributed by atoms with Gasteiger partial charge in [0.2, 0.25) is 5.88 Å². The number of methoxy groups -OCH3 is 1. The Labute approximate surface area is 254 Å². The predicted octanol–water partition coefficient (Wildman–Crippen LogP) is 6.23. The standard InChI is InChI=1S/C33H45N5O5/c1-22(2)42-30-28-26(20-27(31(39)41-6)34-29(28)38(35-30)25-10-8-7-9-11-25)24-14-12-23(13-15-24)21-36-16-18-37(19-17-36)32(40)43-33(3,4)5/h12-15,20,22,25H,7-11,16-19,21H2,1-6H3. The topological polar surface area (TPSA) is 99.0 Å². The number of rotatable bonds is 7. The van der Waals surface area contributed by atoms with Crippen molar-refractivity contribution in [1.29, 1.82) is 0 Å². The van der Waals surface area contributed by atoms with Gasteiger partial charge in [-0.1, -0.05) is 43.5 Å². The normalized spacial score (nSPS) is 17.0. The highest BCUT2D eigenvalue weighted by atomic mass is 16.6. The van der Waals surface area contributed by atoms with Crippen molar-refractivity contribution in [2.45, 2.75) is 91.0 Å². The molecule has 232 valence electrons. The molecule has 0 spiro atoms. The van der Waals surface area contributed by atoms with Gasteiger partial charge < -0.3 is 19.1 Å². The van der Waals surface area contributed by atoms with Crippen LogP contribution in [0.2, 0.25) is 0 Å². The molecule has 43 heavy (non-hydrogen) atoms. The molecule has 1 amide bonds. The second-order valence-electron chi connectivity index (χ2n) is 12.9. The number of fused-ring (bicyclic) bond motifs is 1. The summed E-state index contributed by atoms with van der Waals surface area (Å²) in [7, 11) is 1.38. The molecule has 1 aliphatic heterocycles. The molecule has 0 unspecified atom stereocenters. The zero-order chi connectivity index (χ0) is 30.7. The van der Waals surface area contributed by atoms with Gasteiger partial charge in [0.05, 0.1) is 24.6 Å². The first-order valence-electron chi connectivity index (χ1n) is 15.5. The average molecular weight is 592 g/mol. The van der Waals surface area contributed by atoms with E-state index in [0.29, 0.717) is 24.6 Å². The molecule has 1 saturated carbocycles. The van der Waals surface area contributed by atoms with E-state index < -0.39 is 11.6 Å². The largest absolute Gasteiger partial charge is 0.473 e. The lowest BCUT2D eigenvalue weighted by molar-refractivity contribution is 0.0139. The summed E-state index contributed by atoms with van der Waals surface area (Å²) in [6.45, 7) is 13.3. The molecular weight excluding hydrogens is 546 g/mol. The van der Waals surface area contributed by atoms with Crippen LogP contribution in [0.1, 0.15) is 88.8 Å². The van der Waals surface area contributed by atoms with E-state index in [9.17, 15) is 9.59 Å². The molecule has 5 rings (SSSR count). The fraction of sp³-hybridized carbons (Fsp3) is 0.576. The maximum Gasteiger partial charge on any atom is 0.410 e. The van der Waals surface area contributed by atoms with E-state index in [0.717, 1.165) is 61.8 Å². The van der Waals surface area contributed by atoms with E-state index in [1.165, 1.54) is 19.1 Å². The van der Waals surface area contributed by atoms with Gasteiger partial charge >= 0.3 is 12.1 Å². The lowest BCUT2D eigenvalue weighted by Gasteiger charge is -2.35. The summed E-state index contributed by atoms with van der Waals surface area (Å²) in [5.41, 5.74) is 3.39. The minimum absolute atomic E-state index is 0.0656. The maximum absolute atomic E-state index is 12.7. The van der Waals surface area contributed by atoms with Crippen molar-refractivity contribution in [3.05, 3.63) is 41.6 Å². The lowest BCUT2D eigenvalue weighted by Crippen LogP contribution is -2.49. The van der Waals surface area contributed by atoms with E-state index in [-0.39, 0.29) is 23.9 Å². The Kier molecular flexibility index (Phi) is 9.25. The van der Waals surface area contributed by atoms with Gasteiger partial charge in [0.1, 0.15) is 5.60 Å². The van der Waals surface area contributed by atoms with E-state index in [4.69, 9.17) is 24.3 Å². The van der Waals surface area contributed by atoms with Crippen LogP contribution in [0.4, 0.5) is 4.79 Å². The molecule has 1 saturated heterocycles. The molecule has 10 heteroatoms. The number of hydrogen-bond donors (Lipinski definition) is 0. The van der Waals surface area contributed by atoms with Crippen molar-refractivity contribution in [3.63, 3.8) is 0 Å². The highest BCUT2D eigenvalue weighted by molar-refractivity contribution is 6.01. The Morgan fingerprint density at radius 2 is 1.67 bits per heavy atom. The van der Waals surface area contributed by atoms with Crippen molar-refractivity contribution < 1.29 is 23.8 Å². The molecule has 3 heterocycles. The highest BCUT2D eigenvalue weighted by Crippen LogP contribution is 2.39. The molecule has 2 fully saturated rings. The monoisotopic (exact) mass is 591 g/mol. The number of ether oxygens (including phenoxy) is 3. The van der Waals surface area contributed by atoms with Crippen LogP contribution in [0.15, 0.2) is 30.3 Å². The zero-order valence-corrected chi connectivity index (χ0v) is 26.4. The van der Waals surface area contributed by atoms with Gasteiger partial charge in [-0.15, -0.1) is 5.10 Å². The van der Waals surface area contributed by atoms with Crippen molar-refractivity contribution in [2.24, 2.45) is 0 Å². The number of carbonyl (C=O) groups is 2. The summed E-state index contributed by atoms with van der Waals surface area (Å²) in [6, 6.07) is 10.4. The molecular formula is C33H45N5O5. The van der Waals surface area contributed by atoms with E-state index in [2.05, 4.69) is 29.2 Å². The molecule has 1 aromatic carbocycles. The van der Waals surface area contributed by atoms with Crippen LogP contribution in [0, 0.1) is 0 Å². The summed E-state index contributed by atoms with van der Waals surface area (Å²) in [4.78, 5) is 34.1. The fourth-order valence-corrected chi connectivity index (χ4v) is 5.89. The number of esters is 1. The maximum atomic E-state index is 12.7. The Bertz CT molecular complexity index is 1430. The number of benzene rings is 1. The van der Waals surface area contributed by atoms with Crippen LogP contribution < -0.4 is 4.74 Å². The lowest BCUT2D eigenvalue weighted by atomic mass is 9.95. The third-order valence-corrected chi connectivity index (χ3v) is 7.99. The van der Waals surface area contributed by atoms with Crippen LogP contribution in [0.25, 0.3) is 22.2 Å². The molecule has 2 aromatic heterocycles. The second-order valence-corrected chi connectivity index (χ2v) is 12.9. The molecule has 2 aliphatic rings. The molecule has 0 N–H and O–H groups in total. The Hall–Kier alpha value is -3.66. The second kappa shape index (κ2) is 12.9. The van der Waals surface area contributed by atoms with Gasteiger partial charge in [-0.05, 0) is 64.7 Å². The molecule has 0 bridgehead atoms. The number of hydrogen-bond acceptors (Lipinski definition) is 8. The first kappa shape index (κ1) is 30.8. The summed E-state index contributed by atoms with van der Waals surface area (Å²) >= 11 is 0. The van der Waals surface area contributed by atoms with Gasteiger partial charge in [-0.25, -0.2) is 19.3 Å². The SMILES string of the molecule is COC(=O)c1cc(-c2ccc(CN3CCN(C(=O)OC(C)(C)C)CC3)cc2)c2c(OC(C)C)nn(C3CCCCC3)c2n1. The number of nitrogens with zero attached hydrogens (tertiary/aromatic N) is 5. The highest BCUT2D eigenvalue weighted by Gasteiger charge is 2.28. The molecule has 3 aromatic rings. The number of carbonyl (C=O) groups excluding carboxylic acids is 2. The summed E-state index contributed by atoms with van der Waals surface area (Å²) < 4.78 is 18.8. The minimum Gasteiger partial charge on any atom is -0.473 e. The Morgan fingerprint density at radius 3 is 2.28 bits per heavy atom. The number of piperazine rings is 1. The first-order chi connectivity index (χ1) is 20.5. The van der Waals surface area contributed by atoms with Gasteiger partial charge in [-0.3, -0.25) is 4.90 Å². The third kappa shape index (κ3) is 7.29. The summed E-state index contributed by atoms with van der Waals surface area (Å²) in [5.74, 6) is 0.0643. The van der Waals surface area contributed by atoms with E-state index in [1.54, 1.807) is 11.0 Å². The van der Waals surface area contributed by atoms with Crippen molar-refractivity contribution in [2.75, 3.05) is 33.3 Å². The van der Waals surface area contributed by atoms with Gasteiger partial charge in [0.25, 0.3) is 0 Å². The summed E-state index contributed by atoms with van der Waals surface area (Å²) in [6.07, 6.45) is 5.25. The van der Waals surface area contributed by atoms with Crippen molar-refractivity contribution >= 4 is 23.1 Å². The quantitative estimate of drug-likeness (QED) is 0.298. The van der Waals surface area contributed by atoms with Crippen LogP contribution in [-0.4, -0.2) is 81.6 Å². The third-order valence-electron chi connectivity index (χ3n) is 7.99. The molecule has 0 atom stereocenters. The van der Waals surface area contributed by atoms with Crippen LogP contribution in [-0.2, 0) is 16.0 Å². The Balaban J connectivity index is 1.41. The summed E-state index contributed by atoms with van der Waals surface area (Å²) in [5, 5.41) is 5.75. The smallest absolute Gasteiger partial charge is 0.410 e.